The number of pyridine rings is 4. The zero-order valence-corrected chi connectivity index (χ0v) is 37.2. The Bertz CT molecular complexity index is 2700. The highest BCUT2D eigenvalue weighted by molar-refractivity contribution is 6.31. The minimum absolute atomic E-state index is 0.130. The molecule has 1 aliphatic carbocycles. The average molecular weight is 920 g/mol. The molecule has 6 aromatic rings. The van der Waals surface area contributed by atoms with Gasteiger partial charge >= 0.3 is 0 Å². The average Bonchev–Trinajstić information content (AvgIpc) is 3.83. The number of aromatic nitrogens is 6. The van der Waals surface area contributed by atoms with Crippen molar-refractivity contribution in [2.75, 3.05) is 30.3 Å². The van der Waals surface area contributed by atoms with Crippen LogP contribution in [0.5, 0.6) is 0 Å². The molecule has 64 heavy (non-hydrogen) atoms. The predicted molar refractivity (Wildman–Crippen MR) is 241 cm³/mol. The van der Waals surface area contributed by atoms with Gasteiger partial charge in [0.15, 0.2) is 0 Å². The molecule has 2 fully saturated rings. The number of halogens is 4. The van der Waals surface area contributed by atoms with Gasteiger partial charge in [0.05, 0.1) is 68.6 Å². The highest BCUT2D eigenvalue weighted by Gasteiger charge is 2.32. The molecule has 4 unspecified atom stereocenters. The van der Waals surface area contributed by atoms with E-state index in [2.05, 4.69) is 36.2 Å². The van der Waals surface area contributed by atoms with E-state index in [4.69, 9.17) is 32.9 Å². The van der Waals surface area contributed by atoms with Gasteiger partial charge in [0.1, 0.15) is 35.3 Å². The van der Waals surface area contributed by atoms with Crippen LogP contribution < -0.4 is 21.3 Å². The first-order valence-electron chi connectivity index (χ1n) is 21.2. The fourth-order valence-electron chi connectivity index (χ4n) is 7.67. The third kappa shape index (κ3) is 9.78. The summed E-state index contributed by atoms with van der Waals surface area (Å²) in [5.41, 5.74) is -0.124. The molecule has 1 saturated heterocycles. The van der Waals surface area contributed by atoms with E-state index in [0.29, 0.717) is 69.5 Å². The van der Waals surface area contributed by atoms with Gasteiger partial charge in [0.2, 0.25) is 0 Å². The number of nitrogens with one attached hydrogen (secondary N) is 4. The second-order valence-electron chi connectivity index (χ2n) is 17.6. The summed E-state index contributed by atoms with van der Waals surface area (Å²) < 4.78 is 39.6. The predicted octanol–water partition coefficient (Wildman–Crippen LogP) is 7.44. The number of alkyl halides is 2. The number of aliphatic hydroxyl groups is 2. The Hall–Kier alpha value is -5.46. The zero-order valence-electron chi connectivity index (χ0n) is 35.7. The number of ether oxygens (including phenoxy) is 1. The molecule has 6 aromatic heterocycles. The van der Waals surface area contributed by atoms with E-state index < -0.39 is 48.0 Å². The summed E-state index contributed by atoms with van der Waals surface area (Å²) >= 11 is 12.7. The van der Waals surface area contributed by atoms with Crippen molar-refractivity contribution in [3.8, 4) is 11.6 Å². The first-order chi connectivity index (χ1) is 30.4. The first-order valence-corrected chi connectivity index (χ1v) is 21.9. The van der Waals surface area contributed by atoms with Crippen molar-refractivity contribution in [2.45, 2.75) is 102 Å². The lowest BCUT2D eigenvalue weighted by molar-refractivity contribution is -0.00209. The summed E-state index contributed by atoms with van der Waals surface area (Å²) in [5, 5.41) is 35.0. The summed E-state index contributed by atoms with van der Waals surface area (Å²) in [6, 6.07) is 10.8. The second kappa shape index (κ2) is 18.2. The Labute approximate surface area is 377 Å². The molecule has 8 rings (SSSR count). The summed E-state index contributed by atoms with van der Waals surface area (Å²) in [7, 11) is 0. The van der Waals surface area contributed by atoms with Gasteiger partial charge in [-0.2, -0.15) is 0 Å². The van der Waals surface area contributed by atoms with Crippen LogP contribution >= 0.6 is 23.2 Å². The van der Waals surface area contributed by atoms with Crippen molar-refractivity contribution in [1.29, 1.82) is 0 Å². The topological polar surface area (TPSA) is 193 Å². The highest BCUT2D eigenvalue weighted by atomic mass is 35.5. The van der Waals surface area contributed by atoms with Crippen molar-refractivity contribution in [1.82, 2.24) is 39.7 Å². The summed E-state index contributed by atoms with van der Waals surface area (Å²) in [6.45, 7) is 4.88. The van der Waals surface area contributed by atoms with Crippen LogP contribution in [0, 0.1) is 0 Å². The zero-order chi connectivity index (χ0) is 45.5. The van der Waals surface area contributed by atoms with Gasteiger partial charge in [-0.3, -0.25) is 18.7 Å². The fourth-order valence-corrected chi connectivity index (χ4v) is 8.00. The van der Waals surface area contributed by atoms with Gasteiger partial charge in [0.25, 0.3) is 11.8 Å². The minimum Gasteiger partial charge on any atom is -0.387 e. The number of carbonyl (C=O) groups excluding carboxylic acids is 2. The maximum atomic E-state index is 14.8. The number of carbonyl (C=O) groups is 2. The normalized spacial score (nSPS) is 18.1. The number of amides is 2. The molecule has 0 spiro atoms. The maximum Gasteiger partial charge on any atom is 0.255 e. The molecule has 0 bridgehead atoms. The van der Waals surface area contributed by atoms with E-state index in [-0.39, 0.29) is 29.8 Å². The lowest BCUT2D eigenvalue weighted by Gasteiger charge is -2.32. The molecule has 6 N–H and O–H groups in total. The maximum absolute atomic E-state index is 14.8. The molecule has 2 aliphatic rings. The lowest BCUT2D eigenvalue weighted by Crippen LogP contribution is -2.42. The second-order valence-corrected chi connectivity index (χ2v) is 18.4. The van der Waals surface area contributed by atoms with Crippen molar-refractivity contribution in [2.24, 2.45) is 0 Å². The smallest absolute Gasteiger partial charge is 0.255 e. The van der Waals surface area contributed by atoms with Crippen LogP contribution in [0.25, 0.3) is 33.7 Å². The van der Waals surface area contributed by atoms with Crippen molar-refractivity contribution in [3.63, 3.8) is 0 Å². The number of hydrogen-bond donors (Lipinski definition) is 6. The summed E-state index contributed by atoms with van der Waals surface area (Å²) in [6.07, 6.45) is 7.65. The quantitative estimate of drug-likeness (QED) is 0.0600. The van der Waals surface area contributed by atoms with Gasteiger partial charge < -0.3 is 36.2 Å². The third-order valence-corrected chi connectivity index (χ3v) is 12.1. The Kier molecular flexibility index (Phi) is 12.8. The molecule has 4 atom stereocenters. The minimum atomic E-state index is -1.72. The van der Waals surface area contributed by atoms with Crippen LogP contribution in [0.1, 0.15) is 92.3 Å². The summed E-state index contributed by atoms with van der Waals surface area (Å²) in [4.78, 5) is 45.7. The number of anilines is 2. The monoisotopic (exact) mass is 918 g/mol. The van der Waals surface area contributed by atoms with Gasteiger partial charge in [-0.05, 0) is 84.1 Å². The van der Waals surface area contributed by atoms with Crippen LogP contribution in [0.2, 0.25) is 10.0 Å². The van der Waals surface area contributed by atoms with Crippen LogP contribution in [0.4, 0.5) is 20.2 Å². The van der Waals surface area contributed by atoms with Crippen LogP contribution in [-0.2, 0) is 4.74 Å². The van der Waals surface area contributed by atoms with E-state index in [0.717, 1.165) is 30.0 Å². The van der Waals surface area contributed by atoms with Gasteiger partial charge in [-0.15, -0.1) is 0 Å². The molecule has 19 heteroatoms. The van der Waals surface area contributed by atoms with E-state index >= 15 is 0 Å². The first kappa shape index (κ1) is 45.1. The standard InChI is InChI=1S/C45H50Cl2F2N10O5/c1-44(2,62)36(48)22-54-42(60)30-20-50-38(58-10-8-24-12-26(46)18-52-40(24)58)16-32(30)57-29-9-11-64-35(15-29)34-14-25-13-27(47)19-53-41(25)59(34)39-17-33(56-28-6-5-7-28)31(21-51-39)43(61)55-23-37(49)45(3,4)63/h8,10,12-14,16-21,28-29,35-37,62-63H,5-7,9,11,15,22-23H2,1-4H3,(H,50,57)(H,51,56)(H,54,60)(H,55,61). The van der Waals surface area contributed by atoms with Crippen molar-refractivity contribution in [3.05, 3.63) is 94.2 Å². The third-order valence-electron chi connectivity index (χ3n) is 11.7. The van der Waals surface area contributed by atoms with E-state index in [1.54, 1.807) is 41.2 Å². The Balaban J connectivity index is 1.12. The number of hydrogen-bond acceptors (Lipinski definition) is 11. The van der Waals surface area contributed by atoms with Gasteiger partial charge in [0, 0.05) is 72.6 Å². The van der Waals surface area contributed by atoms with Crippen molar-refractivity contribution < 1.29 is 33.3 Å². The lowest BCUT2D eigenvalue weighted by atomic mass is 9.92. The Morgan fingerprint density at radius 2 is 1.33 bits per heavy atom. The van der Waals surface area contributed by atoms with Crippen molar-refractivity contribution >= 4 is 68.5 Å². The fraction of sp³-hybridized carbons (Fsp3) is 0.422. The van der Waals surface area contributed by atoms with E-state index in [1.807, 2.05) is 16.7 Å². The van der Waals surface area contributed by atoms with Crippen LogP contribution in [0.3, 0.4) is 0 Å². The molecule has 1 saturated carbocycles. The van der Waals surface area contributed by atoms with Gasteiger partial charge in [-0.25, -0.2) is 28.7 Å². The number of rotatable bonds is 15. The molecular formula is C45H50Cl2F2N10O5. The SMILES string of the molecule is CC(C)(O)C(F)CNC(=O)c1cnc(-n2c(C3CC(Nc4cc(-n5ccc6cc(Cl)cnc65)ncc4C(=O)NCC(F)C(C)(C)O)CCO3)cc3cc(Cl)cnc32)cc1NC1CCC1. The molecular weight excluding hydrogens is 869 g/mol. The van der Waals surface area contributed by atoms with Crippen LogP contribution in [0.15, 0.2) is 67.4 Å². The molecule has 15 nitrogen and oxygen atoms in total. The largest absolute Gasteiger partial charge is 0.387 e. The molecule has 0 aromatic carbocycles. The highest BCUT2D eigenvalue weighted by Crippen LogP contribution is 2.37. The molecule has 1 aliphatic heterocycles. The number of nitrogens with zero attached hydrogens (tertiary/aromatic N) is 6. The van der Waals surface area contributed by atoms with Crippen LogP contribution in [-0.4, -0.2) is 106 Å². The molecule has 0 radical (unpaired) electrons. The Morgan fingerprint density at radius 1 is 0.766 bits per heavy atom. The molecule has 338 valence electrons. The number of fused-ring (bicyclic) bond motifs is 2. The van der Waals surface area contributed by atoms with E-state index in [1.165, 1.54) is 46.3 Å². The van der Waals surface area contributed by atoms with E-state index in [9.17, 15) is 28.6 Å². The Morgan fingerprint density at radius 3 is 1.92 bits per heavy atom. The molecule has 7 heterocycles. The van der Waals surface area contributed by atoms with Gasteiger partial charge in [-0.1, -0.05) is 23.2 Å². The molecule has 2 amide bonds. The summed E-state index contributed by atoms with van der Waals surface area (Å²) in [5.74, 6) is -0.217.